The van der Waals surface area contributed by atoms with E-state index in [0.29, 0.717) is 31.7 Å². The lowest BCUT2D eigenvalue weighted by Crippen LogP contribution is -2.52. The molecule has 0 saturated carbocycles. The van der Waals surface area contributed by atoms with E-state index in [4.69, 9.17) is 9.47 Å². The van der Waals surface area contributed by atoms with E-state index in [1.54, 1.807) is 4.90 Å². The van der Waals surface area contributed by atoms with Crippen LogP contribution in [0.2, 0.25) is 0 Å². The lowest BCUT2D eigenvalue weighted by Gasteiger charge is -2.37. The summed E-state index contributed by atoms with van der Waals surface area (Å²) < 4.78 is 11.3. The number of nitrogens with one attached hydrogen (secondary N) is 1. The Kier molecular flexibility index (Phi) is 6.32. The summed E-state index contributed by atoms with van der Waals surface area (Å²) >= 11 is 0. The van der Waals surface area contributed by atoms with Crippen LogP contribution in [0.1, 0.15) is 33.6 Å². The van der Waals surface area contributed by atoms with E-state index in [2.05, 4.69) is 10.2 Å². The van der Waals surface area contributed by atoms with Crippen molar-refractivity contribution in [1.29, 1.82) is 0 Å². The molecule has 0 aromatic heterocycles. The topological polar surface area (TPSA) is 94.5 Å². The van der Waals surface area contributed by atoms with Crippen molar-refractivity contribution in [3.8, 4) is 5.75 Å². The van der Waals surface area contributed by atoms with E-state index in [9.17, 15) is 15.0 Å². The Morgan fingerprint density at radius 3 is 2.29 bits per heavy atom. The number of hydrogen-bond donors (Lipinski definition) is 3. The van der Waals surface area contributed by atoms with Crippen LogP contribution in [0.4, 0.5) is 10.5 Å². The summed E-state index contributed by atoms with van der Waals surface area (Å²) in [6, 6.07) is 7.73. The van der Waals surface area contributed by atoms with Gasteiger partial charge in [-0.1, -0.05) is 0 Å². The van der Waals surface area contributed by atoms with Crippen LogP contribution in [0, 0.1) is 0 Å². The molecule has 1 amide bonds. The number of piperidine rings is 1. The van der Waals surface area contributed by atoms with Crippen LogP contribution in [-0.2, 0) is 4.74 Å². The van der Waals surface area contributed by atoms with Gasteiger partial charge in [-0.25, -0.2) is 4.79 Å². The standard InChI is InChI=1S/C20H31N3O5/c1-20(2,3)28-19(26)23-12-10-22(11-13-23)14-4-6-15(7-5-14)27-16-8-9-17(24)21-18(16)25/h4-7,16-18,21,24-25H,8-13H2,1-3H3. The first-order valence-electron chi connectivity index (χ1n) is 9.83. The third-order valence-corrected chi connectivity index (χ3v) is 4.86. The number of carbonyl (C=O) groups is 1. The van der Waals surface area contributed by atoms with Gasteiger partial charge in [-0.2, -0.15) is 0 Å². The second-order valence-corrected chi connectivity index (χ2v) is 8.31. The van der Waals surface area contributed by atoms with Crippen molar-refractivity contribution < 1.29 is 24.5 Å². The number of anilines is 1. The first kappa shape index (κ1) is 20.7. The van der Waals surface area contributed by atoms with E-state index < -0.39 is 18.1 Å². The number of aliphatic hydroxyl groups is 2. The average molecular weight is 393 g/mol. The summed E-state index contributed by atoms with van der Waals surface area (Å²) in [5.41, 5.74) is 0.581. The zero-order chi connectivity index (χ0) is 20.3. The van der Waals surface area contributed by atoms with Crippen molar-refractivity contribution in [2.24, 2.45) is 0 Å². The van der Waals surface area contributed by atoms with Crippen molar-refractivity contribution in [1.82, 2.24) is 10.2 Å². The van der Waals surface area contributed by atoms with Crippen LogP contribution in [0.3, 0.4) is 0 Å². The molecule has 156 valence electrons. The molecule has 0 aliphatic carbocycles. The molecule has 2 fully saturated rings. The third kappa shape index (κ3) is 5.50. The lowest BCUT2D eigenvalue weighted by atomic mass is 10.1. The smallest absolute Gasteiger partial charge is 0.410 e. The molecule has 1 aromatic rings. The van der Waals surface area contributed by atoms with Crippen molar-refractivity contribution in [2.75, 3.05) is 31.1 Å². The Morgan fingerprint density at radius 2 is 1.71 bits per heavy atom. The highest BCUT2D eigenvalue weighted by Gasteiger charge is 2.29. The van der Waals surface area contributed by atoms with Gasteiger partial charge in [0.25, 0.3) is 0 Å². The fourth-order valence-corrected chi connectivity index (χ4v) is 3.38. The summed E-state index contributed by atoms with van der Waals surface area (Å²) in [6.07, 6.45) is -1.08. The van der Waals surface area contributed by atoms with E-state index in [1.165, 1.54) is 0 Å². The quantitative estimate of drug-likeness (QED) is 0.717. The zero-order valence-electron chi connectivity index (χ0n) is 16.8. The van der Waals surface area contributed by atoms with Gasteiger partial charge in [0.2, 0.25) is 0 Å². The second-order valence-electron chi connectivity index (χ2n) is 8.31. The summed E-state index contributed by atoms with van der Waals surface area (Å²) in [6.45, 7) is 8.33. The molecule has 0 radical (unpaired) electrons. The number of carbonyl (C=O) groups excluding carboxylic acids is 1. The summed E-state index contributed by atoms with van der Waals surface area (Å²) in [5, 5.41) is 22.1. The van der Waals surface area contributed by atoms with Crippen molar-refractivity contribution >= 4 is 11.8 Å². The number of ether oxygens (including phenoxy) is 2. The number of hydrogen-bond acceptors (Lipinski definition) is 7. The molecule has 3 N–H and O–H groups in total. The van der Waals surface area contributed by atoms with E-state index in [-0.39, 0.29) is 12.2 Å². The van der Waals surface area contributed by atoms with Gasteiger partial charge in [0.05, 0.1) is 0 Å². The normalized spacial score (nSPS) is 26.1. The van der Waals surface area contributed by atoms with Gasteiger partial charge in [-0.15, -0.1) is 0 Å². The first-order chi connectivity index (χ1) is 13.2. The predicted octanol–water partition coefficient (Wildman–Crippen LogP) is 1.51. The van der Waals surface area contributed by atoms with E-state index in [0.717, 1.165) is 18.8 Å². The fraction of sp³-hybridized carbons (Fsp3) is 0.650. The van der Waals surface area contributed by atoms with Gasteiger partial charge >= 0.3 is 6.09 Å². The maximum absolute atomic E-state index is 12.2. The van der Waals surface area contributed by atoms with Gasteiger partial charge in [-0.05, 0) is 57.9 Å². The van der Waals surface area contributed by atoms with Gasteiger partial charge < -0.3 is 29.5 Å². The van der Waals surface area contributed by atoms with Gasteiger partial charge in [0, 0.05) is 31.9 Å². The maximum atomic E-state index is 12.2. The maximum Gasteiger partial charge on any atom is 0.410 e. The number of amides is 1. The molecule has 3 rings (SSSR count). The molecule has 2 heterocycles. The highest BCUT2D eigenvalue weighted by atomic mass is 16.6. The Labute approximate surface area is 166 Å². The van der Waals surface area contributed by atoms with Crippen LogP contribution in [0.5, 0.6) is 5.75 Å². The van der Waals surface area contributed by atoms with E-state index >= 15 is 0 Å². The second kappa shape index (κ2) is 8.55. The number of aliphatic hydroxyl groups excluding tert-OH is 2. The Hall–Kier alpha value is -2.03. The molecular formula is C20H31N3O5. The molecule has 8 heteroatoms. The first-order valence-corrected chi connectivity index (χ1v) is 9.83. The highest BCUT2D eigenvalue weighted by molar-refractivity contribution is 5.68. The molecule has 28 heavy (non-hydrogen) atoms. The fourth-order valence-electron chi connectivity index (χ4n) is 3.38. The number of piperazine rings is 1. The molecule has 2 aliphatic heterocycles. The minimum absolute atomic E-state index is 0.263. The molecule has 2 saturated heterocycles. The van der Waals surface area contributed by atoms with Crippen LogP contribution >= 0.6 is 0 Å². The van der Waals surface area contributed by atoms with Crippen LogP contribution in [0.25, 0.3) is 0 Å². The average Bonchev–Trinajstić information content (AvgIpc) is 2.63. The third-order valence-electron chi connectivity index (χ3n) is 4.86. The van der Waals surface area contributed by atoms with Gasteiger partial charge in [0.15, 0.2) is 0 Å². The number of rotatable bonds is 3. The Morgan fingerprint density at radius 1 is 1.07 bits per heavy atom. The zero-order valence-corrected chi connectivity index (χ0v) is 16.8. The monoisotopic (exact) mass is 393 g/mol. The number of benzene rings is 1. The van der Waals surface area contributed by atoms with Crippen LogP contribution < -0.4 is 15.0 Å². The minimum atomic E-state index is -0.885. The summed E-state index contributed by atoms with van der Waals surface area (Å²) in [5.74, 6) is 0.679. The largest absolute Gasteiger partial charge is 0.486 e. The molecule has 3 atom stereocenters. The number of nitrogens with zero attached hydrogens (tertiary/aromatic N) is 2. The SMILES string of the molecule is CC(C)(C)OC(=O)N1CCN(c2ccc(OC3CCC(O)NC3O)cc2)CC1. The van der Waals surface area contributed by atoms with Crippen LogP contribution in [0.15, 0.2) is 24.3 Å². The molecule has 3 unspecified atom stereocenters. The molecule has 0 spiro atoms. The van der Waals surface area contributed by atoms with Gasteiger partial charge in [-0.3, -0.25) is 5.32 Å². The van der Waals surface area contributed by atoms with E-state index in [1.807, 2.05) is 45.0 Å². The summed E-state index contributed by atoms with van der Waals surface area (Å²) in [4.78, 5) is 16.1. The Balaban J connectivity index is 1.50. The van der Waals surface area contributed by atoms with Crippen LogP contribution in [-0.4, -0.2) is 71.5 Å². The lowest BCUT2D eigenvalue weighted by molar-refractivity contribution is -0.0652. The molecule has 8 nitrogen and oxygen atoms in total. The molecular weight excluding hydrogens is 362 g/mol. The molecule has 2 aliphatic rings. The highest BCUT2D eigenvalue weighted by Crippen LogP contribution is 2.24. The van der Waals surface area contributed by atoms with Gasteiger partial charge in [0.1, 0.15) is 29.9 Å². The van der Waals surface area contributed by atoms with Crippen molar-refractivity contribution in [3.63, 3.8) is 0 Å². The van der Waals surface area contributed by atoms with Crippen molar-refractivity contribution in [2.45, 2.75) is 57.8 Å². The van der Waals surface area contributed by atoms with Crippen molar-refractivity contribution in [3.05, 3.63) is 24.3 Å². The predicted molar refractivity (Wildman–Crippen MR) is 105 cm³/mol. The molecule has 0 bridgehead atoms. The Bertz CT molecular complexity index is 653. The summed E-state index contributed by atoms with van der Waals surface area (Å²) in [7, 11) is 0. The molecule has 1 aromatic carbocycles. The minimum Gasteiger partial charge on any atom is -0.486 e.